The first-order chi connectivity index (χ1) is 14.6. The number of likely N-dealkylation sites (tertiary alicyclic amines) is 1. The topological polar surface area (TPSA) is 54.8 Å². The lowest BCUT2D eigenvalue weighted by Crippen LogP contribution is -2.35. The first-order valence-electron chi connectivity index (χ1n) is 11.3. The maximum atomic E-state index is 11.5. The number of ether oxygens (including phenoxy) is 2. The van der Waals surface area contributed by atoms with E-state index in [0.717, 1.165) is 67.0 Å². The lowest BCUT2D eigenvalue weighted by atomic mass is 9.96. The second-order valence-corrected chi connectivity index (χ2v) is 9.74. The Hall–Kier alpha value is -1.63. The number of hydrogen-bond acceptors (Lipinski definition) is 6. The highest BCUT2D eigenvalue weighted by Crippen LogP contribution is 2.38. The van der Waals surface area contributed by atoms with Crippen LogP contribution in [0.3, 0.4) is 0 Å². The standard InChI is InChI=1S/C24H34N2O3S/c1-18-22(12-17-29-21-10-8-20(28-2)9-11-21)30-23(25-18)24(27)13-5-15-26(16-14-24)19-6-3-4-7-19/h8-11,19,27H,3-7,12-17H2,1-2H3/t24-/m0/s1. The summed E-state index contributed by atoms with van der Waals surface area (Å²) >= 11 is 1.67. The van der Waals surface area contributed by atoms with E-state index in [1.165, 1.54) is 30.6 Å². The number of methoxy groups -OCH3 is 1. The zero-order valence-electron chi connectivity index (χ0n) is 18.2. The number of aryl methyl sites for hydroxylation is 1. The molecule has 1 N–H and O–H groups in total. The zero-order chi connectivity index (χ0) is 21.0. The van der Waals surface area contributed by atoms with Crippen LogP contribution in [0.2, 0.25) is 0 Å². The molecule has 1 aromatic heterocycles. The molecule has 2 aliphatic rings. The average molecular weight is 431 g/mol. The Bertz CT molecular complexity index is 816. The number of thiazole rings is 1. The zero-order valence-corrected chi connectivity index (χ0v) is 19.0. The molecule has 1 saturated heterocycles. The van der Waals surface area contributed by atoms with Gasteiger partial charge in [0.1, 0.15) is 22.1 Å². The predicted octanol–water partition coefficient (Wildman–Crippen LogP) is 4.70. The van der Waals surface area contributed by atoms with Gasteiger partial charge in [0, 0.05) is 23.9 Å². The maximum Gasteiger partial charge on any atom is 0.125 e. The van der Waals surface area contributed by atoms with Gasteiger partial charge in [-0.3, -0.25) is 0 Å². The van der Waals surface area contributed by atoms with E-state index in [2.05, 4.69) is 4.90 Å². The van der Waals surface area contributed by atoms with Gasteiger partial charge in [0.25, 0.3) is 0 Å². The highest BCUT2D eigenvalue weighted by atomic mass is 32.1. The van der Waals surface area contributed by atoms with Gasteiger partial charge in [-0.1, -0.05) is 12.8 Å². The Morgan fingerprint density at radius 3 is 2.57 bits per heavy atom. The first-order valence-corrected chi connectivity index (χ1v) is 12.1. The molecule has 1 aliphatic carbocycles. The third kappa shape index (κ3) is 4.98. The van der Waals surface area contributed by atoms with Gasteiger partial charge < -0.3 is 19.5 Å². The summed E-state index contributed by atoms with van der Waals surface area (Å²) in [5.41, 5.74) is 0.247. The van der Waals surface area contributed by atoms with E-state index in [1.807, 2.05) is 31.2 Å². The van der Waals surface area contributed by atoms with Crippen LogP contribution in [0.4, 0.5) is 0 Å². The SMILES string of the molecule is COc1ccc(OCCc2sc([C@]3(O)CCCN(C4CCCC4)CC3)nc2C)cc1. The first kappa shape index (κ1) is 21.6. The number of hydrogen-bond donors (Lipinski definition) is 1. The van der Waals surface area contributed by atoms with Gasteiger partial charge in [-0.2, -0.15) is 0 Å². The van der Waals surface area contributed by atoms with E-state index in [0.29, 0.717) is 6.61 Å². The molecule has 2 heterocycles. The van der Waals surface area contributed by atoms with Crippen LogP contribution in [-0.2, 0) is 12.0 Å². The molecule has 0 amide bonds. The molecule has 2 fully saturated rings. The van der Waals surface area contributed by atoms with Gasteiger partial charge in [0.05, 0.1) is 19.4 Å². The van der Waals surface area contributed by atoms with Gasteiger partial charge in [-0.25, -0.2) is 4.98 Å². The quantitative estimate of drug-likeness (QED) is 0.690. The van der Waals surface area contributed by atoms with Crippen molar-refractivity contribution in [1.29, 1.82) is 0 Å². The van der Waals surface area contributed by atoms with Crippen LogP contribution in [0.15, 0.2) is 24.3 Å². The van der Waals surface area contributed by atoms with Crippen molar-refractivity contribution in [2.45, 2.75) is 69.9 Å². The summed E-state index contributed by atoms with van der Waals surface area (Å²) in [7, 11) is 1.66. The maximum absolute atomic E-state index is 11.5. The predicted molar refractivity (Wildman–Crippen MR) is 121 cm³/mol. The van der Waals surface area contributed by atoms with Gasteiger partial charge in [0.15, 0.2) is 0 Å². The molecule has 0 unspecified atom stereocenters. The van der Waals surface area contributed by atoms with Crippen molar-refractivity contribution in [3.8, 4) is 11.5 Å². The number of benzene rings is 1. The molecule has 1 aliphatic heterocycles. The minimum absolute atomic E-state index is 0.600. The third-order valence-corrected chi connectivity index (χ3v) is 8.05. The van der Waals surface area contributed by atoms with E-state index in [1.54, 1.807) is 18.4 Å². The molecule has 0 radical (unpaired) electrons. The summed E-state index contributed by atoms with van der Waals surface area (Å²) in [6.45, 7) is 4.74. The monoisotopic (exact) mass is 430 g/mol. The van der Waals surface area contributed by atoms with Crippen LogP contribution in [-0.4, -0.2) is 47.8 Å². The molecule has 6 heteroatoms. The van der Waals surface area contributed by atoms with E-state index in [9.17, 15) is 5.11 Å². The number of aliphatic hydroxyl groups is 1. The lowest BCUT2D eigenvalue weighted by molar-refractivity contribution is 0.0196. The van der Waals surface area contributed by atoms with E-state index < -0.39 is 5.60 Å². The van der Waals surface area contributed by atoms with Crippen LogP contribution in [0.5, 0.6) is 11.5 Å². The van der Waals surface area contributed by atoms with Gasteiger partial charge in [-0.05, 0) is 69.8 Å². The second kappa shape index (κ2) is 9.67. The largest absolute Gasteiger partial charge is 0.497 e. The molecule has 2 aromatic rings. The van der Waals surface area contributed by atoms with Crippen molar-refractivity contribution in [2.24, 2.45) is 0 Å². The molecule has 1 saturated carbocycles. The Labute approximate surface area is 184 Å². The summed E-state index contributed by atoms with van der Waals surface area (Å²) < 4.78 is 11.1. The molecule has 4 rings (SSSR count). The average Bonchev–Trinajstić information content (AvgIpc) is 3.37. The lowest BCUT2D eigenvalue weighted by Gasteiger charge is -2.28. The Kier molecular flexibility index (Phi) is 6.96. The van der Waals surface area contributed by atoms with E-state index in [4.69, 9.17) is 14.5 Å². The molecule has 0 spiro atoms. The summed E-state index contributed by atoms with van der Waals surface area (Å²) in [5, 5.41) is 12.3. The molecule has 1 aromatic carbocycles. The summed E-state index contributed by atoms with van der Waals surface area (Å²) in [6, 6.07) is 8.39. The second-order valence-electron chi connectivity index (χ2n) is 8.66. The number of aromatic nitrogens is 1. The van der Waals surface area contributed by atoms with Crippen LogP contribution >= 0.6 is 11.3 Å². The van der Waals surface area contributed by atoms with Gasteiger partial charge >= 0.3 is 0 Å². The highest BCUT2D eigenvalue weighted by molar-refractivity contribution is 7.11. The van der Waals surface area contributed by atoms with Gasteiger partial charge in [-0.15, -0.1) is 11.3 Å². The Balaban J connectivity index is 1.35. The van der Waals surface area contributed by atoms with Crippen molar-refractivity contribution in [3.05, 3.63) is 39.8 Å². The van der Waals surface area contributed by atoms with Crippen molar-refractivity contribution in [2.75, 3.05) is 26.8 Å². The number of rotatable bonds is 7. The molecular formula is C24H34N2O3S. The van der Waals surface area contributed by atoms with Crippen molar-refractivity contribution >= 4 is 11.3 Å². The molecule has 30 heavy (non-hydrogen) atoms. The fraction of sp³-hybridized carbons (Fsp3) is 0.625. The molecule has 0 bridgehead atoms. The summed E-state index contributed by atoms with van der Waals surface area (Å²) in [4.78, 5) is 8.63. The normalized spacial score (nSPS) is 23.4. The molecule has 164 valence electrons. The molecular weight excluding hydrogens is 396 g/mol. The molecule has 1 atom stereocenters. The van der Waals surface area contributed by atoms with Gasteiger partial charge in [0.2, 0.25) is 0 Å². The van der Waals surface area contributed by atoms with Crippen molar-refractivity contribution in [3.63, 3.8) is 0 Å². The van der Waals surface area contributed by atoms with Crippen molar-refractivity contribution in [1.82, 2.24) is 9.88 Å². The fourth-order valence-corrected chi connectivity index (χ4v) is 5.97. The minimum atomic E-state index is -0.780. The summed E-state index contributed by atoms with van der Waals surface area (Å²) in [6.07, 6.45) is 8.82. The molecule has 5 nitrogen and oxygen atoms in total. The minimum Gasteiger partial charge on any atom is -0.497 e. The van der Waals surface area contributed by atoms with Crippen LogP contribution in [0.25, 0.3) is 0 Å². The van der Waals surface area contributed by atoms with Crippen LogP contribution < -0.4 is 9.47 Å². The number of nitrogens with zero attached hydrogens (tertiary/aromatic N) is 2. The van der Waals surface area contributed by atoms with Crippen LogP contribution in [0.1, 0.15) is 60.5 Å². The smallest absolute Gasteiger partial charge is 0.125 e. The van der Waals surface area contributed by atoms with E-state index >= 15 is 0 Å². The van der Waals surface area contributed by atoms with Crippen molar-refractivity contribution < 1.29 is 14.6 Å². The van der Waals surface area contributed by atoms with E-state index in [-0.39, 0.29) is 0 Å². The van der Waals surface area contributed by atoms with Crippen LogP contribution in [0, 0.1) is 6.92 Å². The highest BCUT2D eigenvalue weighted by Gasteiger charge is 2.37. The Morgan fingerprint density at radius 2 is 1.83 bits per heavy atom. The fourth-order valence-electron chi connectivity index (χ4n) is 4.78. The Morgan fingerprint density at radius 1 is 1.10 bits per heavy atom. The third-order valence-electron chi connectivity index (χ3n) is 6.64. The summed E-state index contributed by atoms with van der Waals surface area (Å²) in [5.74, 6) is 1.67.